The van der Waals surface area contributed by atoms with Gasteiger partial charge < -0.3 is 14.8 Å². The van der Waals surface area contributed by atoms with Gasteiger partial charge in [0.15, 0.2) is 0 Å². The van der Waals surface area contributed by atoms with Crippen molar-refractivity contribution in [3.8, 4) is 28.6 Å². The summed E-state index contributed by atoms with van der Waals surface area (Å²) in [5.41, 5.74) is 2.42. The summed E-state index contributed by atoms with van der Waals surface area (Å²) in [6.07, 6.45) is 5.42. The molecule has 1 amide bonds. The average molecular weight is 377 g/mol. The Morgan fingerprint density at radius 3 is 2.18 bits per heavy atom. The van der Waals surface area contributed by atoms with Gasteiger partial charge in [0.1, 0.15) is 11.5 Å². The molecule has 0 aliphatic rings. The van der Waals surface area contributed by atoms with Crippen LogP contribution in [0.2, 0.25) is 0 Å². The number of methoxy groups -OCH3 is 1. The van der Waals surface area contributed by atoms with Crippen LogP contribution in [0.5, 0.6) is 17.5 Å². The lowest BCUT2D eigenvalue weighted by atomic mass is 10.1. The molecule has 0 aliphatic heterocycles. The lowest BCUT2D eigenvalue weighted by Crippen LogP contribution is -2.24. The SMILES string of the molecule is CCCCNC(=O)c1ccc(-c2cnc(Oc3ccc(OC)cc3)nc2)cc1. The molecule has 0 bridgehead atoms. The molecule has 1 N–H and O–H groups in total. The van der Waals surface area contributed by atoms with Gasteiger partial charge in [-0.15, -0.1) is 0 Å². The lowest BCUT2D eigenvalue weighted by molar-refractivity contribution is 0.0953. The van der Waals surface area contributed by atoms with Gasteiger partial charge in [-0.3, -0.25) is 4.79 Å². The molecule has 1 heterocycles. The number of nitrogens with one attached hydrogen (secondary N) is 1. The van der Waals surface area contributed by atoms with Crippen molar-refractivity contribution in [3.05, 3.63) is 66.5 Å². The Morgan fingerprint density at radius 1 is 0.929 bits per heavy atom. The summed E-state index contributed by atoms with van der Waals surface area (Å²) in [5.74, 6) is 1.33. The zero-order valence-corrected chi connectivity index (χ0v) is 16.0. The van der Waals surface area contributed by atoms with Gasteiger partial charge in [0.25, 0.3) is 5.91 Å². The quantitative estimate of drug-likeness (QED) is 0.586. The van der Waals surface area contributed by atoms with Gasteiger partial charge >= 0.3 is 6.01 Å². The van der Waals surface area contributed by atoms with Gasteiger partial charge in [-0.2, -0.15) is 0 Å². The molecule has 0 saturated heterocycles. The van der Waals surface area contributed by atoms with Crippen LogP contribution in [0.4, 0.5) is 0 Å². The molecule has 28 heavy (non-hydrogen) atoms. The molecule has 0 fully saturated rings. The number of benzene rings is 2. The van der Waals surface area contributed by atoms with E-state index in [1.54, 1.807) is 43.8 Å². The number of nitrogens with zero attached hydrogens (tertiary/aromatic N) is 2. The first-order chi connectivity index (χ1) is 13.7. The zero-order chi connectivity index (χ0) is 19.8. The van der Waals surface area contributed by atoms with Crippen molar-refractivity contribution in [2.45, 2.75) is 19.8 Å². The third-order valence-electron chi connectivity index (χ3n) is 4.19. The van der Waals surface area contributed by atoms with Crippen molar-refractivity contribution in [2.75, 3.05) is 13.7 Å². The fourth-order valence-electron chi connectivity index (χ4n) is 2.56. The topological polar surface area (TPSA) is 73.3 Å². The van der Waals surface area contributed by atoms with Crippen LogP contribution in [0.3, 0.4) is 0 Å². The second kappa shape index (κ2) is 9.50. The second-order valence-corrected chi connectivity index (χ2v) is 6.22. The standard InChI is InChI=1S/C22H23N3O3/c1-3-4-13-23-21(26)17-7-5-16(6-8-17)18-14-24-22(25-15-18)28-20-11-9-19(27-2)10-12-20/h5-12,14-15H,3-4,13H2,1-2H3,(H,23,26). The lowest BCUT2D eigenvalue weighted by Gasteiger charge is -2.07. The maximum atomic E-state index is 12.1. The molecule has 0 spiro atoms. The van der Waals surface area contributed by atoms with Crippen molar-refractivity contribution in [1.82, 2.24) is 15.3 Å². The number of hydrogen-bond donors (Lipinski definition) is 1. The first-order valence-electron chi connectivity index (χ1n) is 9.22. The number of unbranched alkanes of at least 4 members (excludes halogenated alkanes) is 1. The molecule has 0 unspecified atom stereocenters. The number of hydrogen-bond acceptors (Lipinski definition) is 5. The molecule has 1 aromatic heterocycles. The number of rotatable bonds is 8. The summed E-state index contributed by atoms with van der Waals surface area (Å²) in [5, 5.41) is 2.91. The fourth-order valence-corrected chi connectivity index (χ4v) is 2.56. The normalized spacial score (nSPS) is 10.4. The van der Waals surface area contributed by atoms with Crippen LogP contribution in [0, 0.1) is 0 Å². The third-order valence-corrected chi connectivity index (χ3v) is 4.19. The summed E-state index contributed by atoms with van der Waals surface area (Å²) in [4.78, 5) is 20.6. The molecule has 0 radical (unpaired) electrons. The van der Waals surface area contributed by atoms with E-state index in [1.807, 2.05) is 24.3 Å². The predicted octanol–water partition coefficient (Wildman–Crippen LogP) is 4.47. The Balaban J connectivity index is 1.63. The van der Waals surface area contributed by atoms with Crippen molar-refractivity contribution in [3.63, 3.8) is 0 Å². The highest BCUT2D eigenvalue weighted by Crippen LogP contribution is 2.23. The molecule has 0 aliphatic carbocycles. The minimum atomic E-state index is -0.0560. The van der Waals surface area contributed by atoms with Crippen molar-refractivity contribution in [2.24, 2.45) is 0 Å². The van der Waals surface area contributed by atoms with Crippen molar-refractivity contribution in [1.29, 1.82) is 0 Å². The van der Waals surface area contributed by atoms with Crippen LogP contribution in [0.15, 0.2) is 60.9 Å². The molecular formula is C22H23N3O3. The Hall–Kier alpha value is -3.41. The number of carbonyl (C=O) groups excluding carboxylic acids is 1. The first kappa shape index (κ1) is 19.4. The molecule has 144 valence electrons. The fraction of sp³-hybridized carbons (Fsp3) is 0.227. The molecule has 3 aromatic rings. The molecule has 6 heteroatoms. The van der Waals surface area contributed by atoms with Crippen molar-refractivity contribution < 1.29 is 14.3 Å². The van der Waals surface area contributed by atoms with Crippen LogP contribution < -0.4 is 14.8 Å². The summed E-state index contributed by atoms with van der Waals surface area (Å²) in [7, 11) is 1.61. The Bertz CT molecular complexity index is 892. The number of amides is 1. The summed E-state index contributed by atoms with van der Waals surface area (Å²) in [6.45, 7) is 2.79. The Morgan fingerprint density at radius 2 is 1.57 bits per heavy atom. The van der Waals surface area contributed by atoms with E-state index >= 15 is 0 Å². The monoisotopic (exact) mass is 377 g/mol. The highest BCUT2D eigenvalue weighted by atomic mass is 16.5. The molecule has 0 saturated carbocycles. The number of carbonyl (C=O) groups is 1. The van der Waals surface area contributed by atoms with Crippen LogP contribution in [0.1, 0.15) is 30.1 Å². The first-order valence-corrected chi connectivity index (χ1v) is 9.22. The summed E-state index contributed by atoms with van der Waals surface area (Å²) < 4.78 is 10.8. The van der Waals surface area contributed by atoms with E-state index in [-0.39, 0.29) is 11.9 Å². The molecule has 0 atom stereocenters. The molecular weight excluding hydrogens is 354 g/mol. The summed E-state index contributed by atoms with van der Waals surface area (Å²) in [6, 6.07) is 14.8. The minimum Gasteiger partial charge on any atom is -0.497 e. The summed E-state index contributed by atoms with van der Waals surface area (Å²) >= 11 is 0. The smallest absolute Gasteiger partial charge is 0.321 e. The maximum Gasteiger partial charge on any atom is 0.321 e. The minimum absolute atomic E-state index is 0.0560. The van der Waals surface area contributed by atoms with E-state index in [0.717, 1.165) is 29.7 Å². The van der Waals surface area contributed by atoms with Crippen LogP contribution in [-0.4, -0.2) is 29.5 Å². The van der Waals surface area contributed by atoms with Gasteiger partial charge in [-0.1, -0.05) is 25.5 Å². The maximum absolute atomic E-state index is 12.1. The van der Waals surface area contributed by atoms with E-state index in [2.05, 4.69) is 22.2 Å². The highest BCUT2D eigenvalue weighted by Gasteiger charge is 2.07. The molecule has 3 rings (SSSR count). The largest absolute Gasteiger partial charge is 0.497 e. The second-order valence-electron chi connectivity index (χ2n) is 6.22. The Kier molecular flexibility index (Phi) is 6.57. The number of ether oxygens (including phenoxy) is 2. The molecule has 2 aromatic carbocycles. The van der Waals surface area contributed by atoms with Gasteiger partial charge in [0.05, 0.1) is 7.11 Å². The predicted molar refractivity (Wildman–Crippen MR) is 108 cm³/mol. The average Bonchev–Trinajstić information content (AvgIpc) is 2.75. The van der Waals surface area contributed by atoms with Gasteiger partial charge in [0.2, 0.25) is 0 Å². The number of aromatic nitrogens is 2. The Labute approximate surface area is 164 Å². The van der Waals surface area contributed by atoms with E-state index in [9.17, 15) is 4.79 Å². The van der Waals surface area contributed by atoms with E-state index in [1.165, 1.54) is 0 Å². The molecule has 6 nitrogen and oxygen atoms in total. The van der Waals surface area contributed by atoms with Crippen LogP contribution in [-0.2, 0) is 0 Å². The van der Waals surface area contributed by atoms with Crippen LogP contribution >= 0.6 is 0 Å². The highest BCUT2D eigenvalue weighted by molar-refractivity contribution is 5.94. The van der Waals surface area contributed by atoms with Gasteiger partial charge in [-0.25, -0.2) is 9.97 Å². The van der Waals surface area contributed by atoms with Gasteiger partial charge in [0, 0.05) is 30.1 Å². The third kappa shape index (κ3) is 5.07. The zero-order valence-electron chi connectivity index (χ0n) is 16.0. The van der Waals surface area contributed by atoms with E-state index < -0.39 is 0 Å². The van der Waals surface area contributed by atoms with Gasteiger partial charge in [-0.05, 0) is 48.4 Å². The van der Waals surface area contributed by atoms with Crippen molar-refractivity contribution >= 4 is 5.91 Å². The van der Waals surface area contributed by atoms with E-state index in [0.29, 0.717) is 17.9 Å². The van der Waals surface area contributed by atoms with E-state index in [4.69, 9.17) is 9.47 Å². The van der Waals surface area contributed by atoms with Crippen LogP contribution in [0.25, 0.3) is 11.1 Å².